The zero-order valence-corrected chi connectivity index (χ0v) is 12.5. The van der Waals surface area contributed by atoms with Crippen LogP contribution in [0.5, 0.6) is 0 Å². The van der Waals surface area contributed by atoms with E-state index in [0.29, 0.717) is 6.04 Å². The lowest BCUT2D eigenvalue weighted by molar-refractivity contribution is 0.254. The molecular weight excluding hydrogens is 244 g/mol. The minimum absolute atomic E-state index is 0.506. The van der Waals surface area contributed by atoms with Gasteiger partial charge in [0.25, 0.3) is 0 Å². The maximum Gasteiger partial charge on any atom is 0.0351 e. The highest BCUT2D eigenvalue weighted by atomic mass is 15.1. The molecule has 2 nitrogen and oxygen atoms in total. The predicted molar refractivity (Wildman–Crippen MR) is 86.0 cm³/mol. The molecule has 0 saturated carbocycles. The summed E-state index contributed by atoms with van der Waals surface area (Å²) in [5.41, 5.74) is 1.47. The lowest BCUT2D eigenvalue weighted by atomic mass is 9.90. The summed E-state index contributed by atoms with van der Waals surface area (Å²) in [7, 11) is 4.41. The number of benzene rings is 2. The summed E-state index contributed by atoms with van der Waals surface area (Å²) >= 11 is 0. The van der Waals surface area contributed by atoms with Crippen molar-refractivity contribution in [2.75, 3.05) is 27.2 Å². The first-order valence-electron chi connectivity index (χ1n) is 7.60. The molecule has 0 bridgehead atoms. The number of hydrogen-bond donors (Lipinski definition) is 1. The van der Waals surface area contributed by atoms with E-state index in [4.69, 9.17) is 0 Å². The van der Waals surface area contributed by atoms with Crippen LogP contribution in [0.25, 0.3) is 10.8 Å². The molecule has 2 heteroatoms. The van der Waals surface area contributed by atoms with Gasteiger partial charge >= 0.3 is 0 Å². The van der Waals surface area contributed by atoms with E-state index in [1.54, 1.807) is 0 Å². The van der Waals surface area contributed by atoms with E-state index in [1.807, 2.05) is 0 Å². The zero-order chi connectivity index (χ0) is 13.9. The molecule has 1 aliphatic heterocycles. The second-order valence-electron chi connectivity index (χ2n) is 6.14. The van der Waals surface area contributed by atoms with Crippen molar-refractivity contribution in [1.82, 2.24) is 10.2 Å². The Labute approximate surface area is 121 Å². The Balaban J connectivity index is 1.96. The van der Waals surface area contributed by atoms with Gasteiger partial charge in [-0.2, -0.15) is 0 Å². The van der Waals surface area contributed by atoms with E-state index in [2.05, 4.69) is 66.8 Å². The highest BCUT2D eigenvalue weighted by Gasteiger charge is 2.23. The number of nitrogens with one attached hydrogen (secondary N) is 1. The summed E-state index contributed by atoms with van der Waals surface area (Å²) in [5, 5.41) is 6.24. The average Bonchev–Trinajstić information content (AvgIpc) is 2.97. The average molecular weight is 268 g/mol. The molecule has 1 aliphatic rings. The number of hydrogen-bond acceptors (Lipinski definition) is 2. The van der Waals surface area contributed by atoms with E-state index >= 15 is 0 Å². The van der Waals surface area contributed by atoms with Gasteiger partial charge in [0.15, 0.2) is 0 Å². The molecule has 3 rings (SSSR count). The fraction of sp³-hybridized carbons (Fsp3) is 0.444. The van der Waals surface area contributed by atoms with Gasteiger partial charge in [0.2, 0.25) is 0 Å². The van der Waals surface area contributed by atoms with Gasteiger partial charge in [-0.15, -0.1) is 0 Å². The van der Waals surface area contributed by atoms with Gasteiger partial charge < -0.3 is 10.2 Å². The molecule has 1 fully saturated rings. The molecule has 20 heavy (non-hydrogen) atoms. The maximum atomic E-state index is 3.49. The smallest absolute Gasteiger partial charge is 0.0351 e. The normalized spacial score (nSPS) is 20.6. The minimum Gasteiger partial charge on any atom is -0.316 e. The largest absolute Gasteiger partial charge is 0.316 e. The predicted octanol–water partition coefficient (Wildman–Crippen LogP) is 3.44. The molecule has 0 aromatic heterocycles. The van der Waals surface area contributed by atoms with Gasteiger partial charge in [0, 0.05) is 6.04 Å². The van der Waals surface area contributed by atoms with Crippen molar-refractivity contribution < 1.29 is 0 Å². The highest BCUT2D eigenvalue weighted by Crippen LogP contribution is 2.33. The third kappa shape index (κ3) is 2.72. The summed E-state index contributed by atoms with van der Waals surface area (Å²) < 4.78 is 0. The second kappa shape index (κ2) is 5.94. The third-order valence-electron chi connectivity index (χ3n) is 4.52. The van der Waals surface area contributed by atoms with Crippen LogP contribution in [0.1, 0.15) is 24.4 Å². The maximum absolute atomic E-state index is 3.49. The number of fused-ring (bicyclic) bond motifs is 1. The summed E-state index contributed by atoms with van der Waals surface area (Å²) in [6.45, 7) is 2.36. The Morgan fingerprint density at radius 1 is 1.15 bits per heavy atom. The van der Waals surface area contributed by atoms with Crippen LogP contribution < -0.4 is 5.32 Å². The second-order valence-corrected chi connectivity index (χ2v) is 6.14. The molecule has 1 saturated heterocycles. The zero-order valence-electron chi connectivity index (χ0n) is 12.5. The Bertz CT molecular complexity index is 565. The van der Waals surface area contributed by atoms with E-state index < -0.39 is 0 Å². The molecule has 106 valence electrons. The van der Waals surface area contributed by atoms with Crippen molar-refractivity contribution in [3.8, 4) is 0 Å². The highest BCUT2D eigenvalue weighted by molar-refractivity contribution is 5.86. The van der Waals surface area contributed by atoms with E-state index in [0.717, 1.165) is 5.92 Å². The van der Waals surface area contributed by atoms with Gasteiger partial charge in [-0.3, -0.25) is 0 Å². The molecule has 0 radical (unpaired) electrons. The third-order valence-corrected chi connectivity index (χ3v) is 4.52. The summed E-state index contributed by atoms with van der Waals surface area (Å²) in [6.07, 6.45) is 2.56. The Morgan fingerprint density at radius 2 is 1.95 bits per heavy atom. The van der Waals surface area contributed by atoms with Crippen LogP contribution in [0, 0.1) is 5.92 Å². The lowest BCUT2D eigenvalue weighted by Gasteiger charge is -2.28. The van der Waals surface area contributed by atoms with Crippen LogP contribution in [0.4, 0.5) is 0 Å². The molecule has 1 heterocycles. The molecule has 2 aromatic rings. The monoisotopic (exact) mass is 268 g/mol. The van der Waals surface area contributed by atoms with E-state index in [9.17, 15) is 0 Å². The van der Waals surface area contributed by atoms with Crippen LogP contribution in [0.15, 0.2) is 42.5 Å². The van der Waals surface area contributed by atoms with Crippen LogP contribution in [0.2, 0.25) is 0 Å². The van der Waals surface area contributed by atoms with Gasteiger partial charge in [-0.1, -0.05) is 42.5 Å². The van der Waals surface area contributed by atoms with Crippen LogP contribution in [-0.4, -0.2) is 32.1 Å². The first-order chi connectivity index (χ1) is 9.75. The van der Waals surface area contributed by atoms with Gasteiger partial charge in [-0.25, -0.2) is 0 Å². The Hall–Kier alpha value is -1.38. The van der Waals surface area contributed by atoms with Crippen molar-refractivity contribution in [1.29, 1.82) is 0 Å². The van der Waals surface area contributed by atoms with Crippen molar-refractivity contribution in [3.63, 3.8) is 0 Å². The summed E-state index contributed by atoms with van der Waals surface area (Å²) in [5.74, 6) is 0.807. The standard InChI is InChI=1S/C18H24N2/c1-20(2)18(12-14-10-11-19-13-14)17-9-5-7-15-6-3-4-8-16(15)17/h3-9,14,18-19H,10-13H2,1-2H3. The van der Waals surface area contributed by atoms with Crippen molar-refractivity contribution in [3.05, 3.63) is 48.0 Å². The quantitative estimate of drug-likeness (QED) is 0.913. The van der Waals surface area contributed by atoms with E-state index in [-0.39, 0.29) is 0 Å². The molecule has 2 unspecified atom stereocenters. The van der Waals surface area contributed by atoms with Crippen molar-refractivity contribution in [2.24, 2.45) is 5.92 Å². The molecule has 1 N–H and O–H groups in total. The molecular formula is C18H24N2. The van der Waals surface area contributed by atoms with Crippen LogP contribution in [0.3, 0.4) is 0 Å². The molecule has 2 atom stereocenters. The topological polar surface area (TPSA) is 15.3 Å². The van der Waals surface area contributed by atoms with Crippen molar-refractivity contribution >= 4 is 10.8 Å². The fourth-order valence-electron chi connectivity index (χ4n) is 3.39. The van der Waals surface area contributed by atoms with Crippen LogP contribution in [-0.2, 0) is 0 Å². The van der Waals surface area contributed by atoms with Crippen molar-refractivity contribution in [2.45, 2.75) is 18.9 Å². The minimum atomic E-state index is 0.506. The molecule has 2 aromatic carbocycles. The molecule has 0 amide bonds. The first kappa shape index (κ1) is 13.6. The Kier molecular flexibility index (Phi) is 4.04. The van der Waals surface area contributed by atoms with Gasteiger partial charge in [-0.05, 0) is 62.3 Å². The SMILES string of the molecule is CN(C)C(CC1CCNC1)c1cccc2ccccc12. The lowest BCUT2D eigenvalue weighted by Crippen LogP contribution is -2.23. The number of rotatable bonds is 4. The number of nitrogens with zero attached hydrogens (tertiary/aromatic N) is 1. The fourth-order valence-corrected chi connectivity index (χ4v) is 3.39. The summed E-state index contributed by atoms with van der Waals surface area (Å²) in [6, 6.07) is 16.0. The Morgan fingerprint density at radius 3 is 2.70 bits per heavy atom. The summed E-state index contributed by atoms with van der Waals surface area (Å²) in [4.78, 5) is 2.38. The van der Waals surface area contributed by atoms with Gasteiger partial charge in [0.1, 0.15) is 0 Å². The molecule has 0 aliphatic carbocycles. The first-order valence-corrected chi connectivity index (χ1v) is 7.60. The van der Waals surface area contributed by atoms with Crippen LogP contribution >= 0.6 is 0 Å². The molecule has 0 spiro atoms. The van der Waals surface area contributed by atoms with Gasteiger partial charge in [0.05, 0.1) is 0 Å². The van der Waals surface area contributed by atoms with E-state index in [1.165, 1.54) is 42.3 Å².